The van der Waals surface area contributed by atoms with E-state index >= 15 is 0 Å². The molecule has 0 aliphatic heterocycles. The number of benzene rings is 1. The Balaban J connectivity index is 2.39. The number of nitrogens with one attached hydrogen (secondary N) is 2. The molecular weight excluding hydrogens is 278 g/mol. The first-order valence-electron chi connectivity index (χ1n) is 6.15. The fourth-order valence-electron chi connectivity index (χ4n) is 1.57. The summed E-state index contributed by atoms with van der Waals surface area (Å²) in [4.78, 5) is 32.8. The van der Waals surface area contributed by atoms with Crippen LogP contribution in [0, 0.1) is 6.92 Å². The predicted molar refractivity (Wildman–Crippen MR) is 75.2 cm³/mol. The van der Waals surface area contributed by atoms with Gasteiger partial charge in [-0.3, -0.25) is 4.79 Å². The Morgan fingerprint density at radius 3 is 2.62 bits per heavy atom. The highest BCUT2D eigenvalue weighted by atomic mass is 16.5. The van der Waals surface area contributed by atoms with E-state index in [-0.39, 0.29) is 25.3 Å². The van der Waals surface area contributed by atoms with Crippen molar-refractivity contribution in [2.45, 2.75) is 6.92 Å². The second-order valence-corrected chi connectivity index (χ2v) is 4.23. The fourth-order valence-corrected chi connectivity index (χ4v) is 1.57. The average molecular weight is 295 g/mol. The largest absolute Gasteiger partial charge is 0.478 e. The second-order valence-electron chi connectivity index (χ2n) is 4.23. The number of amides is 3. The molecule has 3 amide bonds. The molecule has 0 heterocycles. The van der Waals surface area contributed by atoms with Crippen LogP contribution < -0.4 is 16.4 Å². The van der Waals surface area contributed by atoms with Gasteiger partial charge in [0.05, 0.1) is 12.2 Å². The van der Waals surface area contributed by atoms with Crippen molar-refractivity contribution in [1.29, 1.82) is 0 Å². The normalized spacial score (nSPS) is 9.95. The molecule has 0 radical (unpaired) electrons. The van der Waals surface area contributed by atoms with Gasteiger partial charge in [-0.25, -0.2) is 9.59 Å². The standard InChI is InChI=1S/C13H17N3O5/c1-8-6-9(2-3-10(8)12(18)19)16-13(20)15-4-5-21-7-11(14)17/h2-3,6H,4-5,7H2,1H3,(H2,14,17)(H,18,19)(H2,15,16,20). The number of aryl methyl sites for hydroxylation is 1. The number of aromatic carboxylic acids is 1. The van der Waals surface area contributed by atoms with Crippen molar-refractivity contribution in [2.24, 2.45) is 5.73 Å². The van der Waals surface area contributed by atoms with E-state index in [9.17, 15) is 14.4 Å². The van der Waals surface area contributed by atoms with Crippen molar-refractivity contribution in [3.8, 4) is 0 Å². The highest BCUT2D eigenvalue weighted by Gasteiger charge is 2.08. The van der Waals surface area contributed by atoms with E-state index in [1.807, 2.05) is 0 Å². The molecule has 0 aromatic heterocycles. The van der Waals surface area contributed by atoms with Crippen LogP contribution in [0.25, 0.3) is 0 Å². The summed E-state index contributed by atoms with van der Waals surface area (Å²) in [5, 5.41) is 14.0. The Kier molecular flexibility index (Phi) is 6.15. The molecule has 1 rings (SSSR count). The third-order valence-corrected chi connectivity index (χ3v) is 2.49. The van der Waals surface area contributed by atoms with Crippen LogP contribution in [0.1, 0.15) is 15.9 Å². The lowest BCUT2D eigenvalue weighted by molar-refractivity contribution is -0.122. The Bertz CT molecular complexity index is 545. The van der Waals surface area contributed by atoms with Gasteiger partial charge in [-0.05, 0) is 30.7 Å². The number of rotatable bonds is 7. The average Bonchev–Trinajstić information content (AvgIpc) is 2.37. The summed E-state index contributed by atoms with van der Waals surface area (Å²) in [6.45, 7) is 1.82. The van der Waals surface area contributed by atoms with Crippen molar-refractivity contribution in [1.82, 2.24) is 5.32 Å². The lowest BCUT2D eigenvalue weighted by atomic mass is 10.1. The van der Waals surface area contributed by atoms with Gasteiger partial charge in [0.25, 0.3) is 0 Å². The fraction of sp³-hybridized carbons (Fsp3) is 0.308. The summed E-state index contributed by atoms with van der Waals surface area (Å²) >= 11 is 0. The molecular formula is C13H17N3O5. The quantitative estimate of drug-likeness (QED) is 0.538. The zero-order valence-corrected chi connectivity index (χ0v) is 11.5. The number of hydrogen-bond donors (Lipinski definition) is 4. The van der Waals surface area contributed by atoms with E-state index in [0.29, 0.717) is 11.3 Å². The molecule has 0 unspecified atom stereocenters. The summed E-state index contributed by atoms with van der Waals surface area (Å²) in [5.41, 5.74) is 6.09. The molecule has 0 aliphatic carbocycles. The van der Waals surface area contributed by atoms with Gasteiger partial charge in [0.2, 0.25) is 5.91 Å². The minimum Gasteiger partial charge on any atom is -0.478 e. The molecule has 21 heavy (non-hydrogen) atoms. The van der Waals surface area contributed by atoms with Gasteiger partial charge in [0.1, 0.15) is 6.61 Å². The zero-order chi connectivity index (χ0) is 15.8. The minimum atomic E-state index is -1.02. The second kappa shape index (κ2) is 7.85. The lowest BCUT2D eigenvalue weighted by Gasteiger charge is -2.09. The number of nitrogens with two attached hydrogens (primary N) is 1. The van der Waals surface area contributed by atoms with E-state index in [1.165, 1.54) is 12.1 Å². The number of hydrogen-bond acceptors (Lipinski definition) is 4. The van der Waals surface area contributed by atoms with E-state index < -0.39 is 17.9 Å². The molecule has 0 fully saturated rings. The first-order chi connectivity index (χ1) is 9.90. The maximum absolute atomic E-state index is 11.6. The van der Waals surface area contributed by atoms with Crippen molar-refractivity contribution in [3.05, 3.63) is 29.3 Å². The van der Waals surface area contributed by atoms with E-state index in [1.54, 1.807) is 13.0 Å². The van der Waals surface area contributed by atoms with Crippen molar-refractivity contribution in [3.63, 3.8) is 0 Å². The summed E-state index contributed by atoms with van der Waals surface area (Å²) in [6, 6.07) is 4.02. The van der Waals surface area contributed by atoms with Crippen LogP contribution in [-0.4, -0.2) is 42.8 Å². The number of urea groups is 1. The number of carboxylic acid groups (broad SMARTS) is 1. The topological polar surface area (TPSA) is 131 Å². The Morgan fingerprint density at radius 2 is 2.05 bits per heavy atom. The molecule has 0 aliphatic rings. The highest BCUT2D eigenvalue weighted by Crippen LogP contribution is 2.15. The van der Waals surface area contributed by atoms with Crippen LogP contribution in [0.5, 0.6) is 0 Å². The van der Waals surface area contributed by atoms with Gasteiger partial charge in [-0.1, -0.05) is 0 Å². The molecule has 8 heteroatoms. The van der Waals surface area contributed by atoms with Crippen LogP contribution in [0.2, 0.25) is 0 Å². The van der Waals surface area contributed by atoms with Crippen LogP contribution in [-0.2, 0) is 9.53 Å². The number of primary amides is 1. The van der Waals surface area contributed by atoms with Gasteiger partial charge < -0.3 is 26.2 Å². The molecule has 0 spiro atoms. The highest BCUT2D eigenvalue weighted by molar-refractivity contribution is 5.92. The molecule has 1 aromatic rings. The Morgan fingerprint density at radius 1 is 1.33 bits per heavy atom. The number of ether oxygens (including phenoxy) is 1. The summed E-state index contributed by atoms with van der Waals surface area (Å²) in [7, 11) is 0. The van der Waals surface area contributed by atoms with Gasteiger partial charge in [0, 0.05) is 12.2 Å². The summed E-state index contributed by atoms with van der Waals surface area (Å²) < 4.78 is 4.87. The van der Waals surface area contributed by atoms with Crippen LogP contribution >= 0.6 is 0 Å². The Hall–Kier alpha value is -2.61. The van der Waals surface area contributed by atoms with E-state index in [2.05, 4.69) is 10.6 Å². The maximum Gasteiger partial charge on any atom is 0.335 e. The molecule has 114 valence electrons. The van der Waals surface area contributed by atoms with Crippen molar-refractivity contribution in [2.75, 3.05) is 25.1 Å². The monoisotopic (exact) mass is 295 g/mol. The van der Waals surface area contributed by atoms with Crippen molar-refractivity contribution < 1.29 is 24.2 Å². The molecule has 5 N–H and O–H groups in total. The lowest BCUT2D eigenvalue weighted by Crippen LogP contribution is -2.32. The zero-order valence-electron chi connectivity index (χ0n) is 11.5. The molecule has 0 saturated carbocycles. The smallest absolute Gasteiger partial charge is 0.335 e. The van der Waals surface area contributed by atoms with Gasteiger partial charge in [0.15, 0.2) is 0 Å². The number of carbonyl (C=O) groups excluding carboxylic acids is 2. The minimum absolute atomic E-state index is 0.160. The van der Waals surface area contributed by atoms with Crippen LogP contribution in [0.4, 0.5) is 10.5 Å². The molecule has 0 atom stereocenters. The number of carbonyl (C=O) groups is 3. The third-order valence-electron chi connectivity index (χ3n) is 2.49. The Labute approximate surface area is 121 Å². The van der Waals surface area contributed by atoms with Gasteiger partial charge in [-0.15, -0.1) is 0 Å². The maximum atomic E-state index is 11.6. The molecule has 0 bridgehead atoms. The van der Waals surface area contributed by atoms with Crippen LogP contribution in [0.15, 0.2) is 18.2 Å². The first-order valence-corrected chi connectivity index (χ1v) is 6.15. The summed E-state index contributed by atoms with van der Waals surface area (Å²) in [5.74, 6) is -1.59. The van der Waals surface area contributed by atoms with Gasteiger partial charge >= 0.3 is 12.0 Å². The van der Waals surface area contributed by atoms with Gasteiger partial charge in [-0.2, -0.15) is 0 Å². The third kappa shape index (κ3) is 5.91. The number of carboxylic acids is 1. The summed E-state index contributed by atoms with van der Waals surface area (Å²) in [6.07, 6.45) is 0. The van der Waals surface area contributed by atoms with Crippen LogP contribution in [0.3, 0.4) is 0 Å². The molecule has 8 nitrogen and oxygen atoms in total. The predicted octanol–water partition coefficient (Wildman–Crippen LogP) is 0.317. The van der Waals surface area contributed by atoms with Crippen molar-refractivity contribution >= 4 is 23.6 Å². The molecule has 0 saturated heterocycles. The van der Waals surface area contributed by atoms with E-state index in [0.717, 1.165) is 0 Å². The van der Waals surface area contributed by atoms with E-state index in [4.69, 9.17) is 15.6 Å². The number of anilines is 1. The molecule has 1 aromatic carbocycles. The first kappa shape index (κ1) is 16.4. The SMILES string of the molecule is Cc1cc(NC(=O)NCCOCC(N)=O)ccc1C(=O)O.